The van der Waals surface area contributed by atoms with Gasteiger partial charge in [0.15, 0.2) is 0 Å². The quantitative estimate of drug-likeness (QED) is 0.846. The molecule has 0 amide bonds. The van der Waals surface area contributed by atoms with Gasteiger partial charge in [0.2, 0.25) is 10.0 Å². The predicted octanol–water partition coefficient (Wildman–Crippen LogP) is 2.09. The van der Waals surface area contributed by atoms with Gasteiger partial charge in [-0.1, -0.05) is 11.6 Å². The van der Waals surface area contributed by atoms with Gasteiger partial charge in [0.25, 0.3) is 0 Å². The molecule has 1 aromatic heterocycles. The molecule has 6 heteroatoms. The molecule has 0 aromatic carbocycles. The van der Waals surface area contributed by atoms with Crippen molar-refractivity contribution in [3.8, 4) is 12.3 Å². The van der Waals surface area contributed by atoms with Crippen molar-refractivity contribution in [2.45, 2.75) is 23.6 Å². The molecule has 3 nitrogen and oxygen atoms in total. The highest BCUT2D eigenvalue weighted by Gasteiger charge is 2.18. The van der Waals surface area contributed by atoms with E-state index >= 15 is 0 Å². The van der Waals surface area contributed by atoms with E-state index in [2.05, 4.69) is 10.6 Å². The van der Waals surface area contributed by atoms with Crippen LogP contribution in [0.5, 0.6) is 0 Å². The molecular weight excluding hydrogens is 254 g/mol. The van der Waals surface area contributed by atoms with Gasteiger partial charge in [-0.2, -0.15) is 0 Å². The van der Waals surface area contributed by atoms with Crippen LogP contribution in [0.2, 0.25) is 4.34 Å². The molecule has 15 heavy (non-hydrogen) atoms. The number of terminal acetylenes is 1. The van der Waals surface area contributed by atoms with Gasteiger partial charge in [-0.05, 0) is 19.1 Å². The van der Waals surface area contributed by atoms with Crippen LogP contribution in [0.1, 0.15) is 13.3 Å². The minimum atomic E-state index is -3.47. The number of hydrogen-bond acceptors (Lipinski definition) is 3. The molecule has 0 fully saturated rings. The van der Waals surface area contributed by atoms with E-state index in [1.54, 1.807) is 13.0 Å². The molecule has 0 saturated carbocycles. The van der Waals surface area contributed by atoms with Crippen molar-refractivity contribution < 1.29 is 8.42 Å². The number of sulfonamides is 1. The first kappa shape index (κ1) is 12.5. The first-order valence-corrected chi connectivity index (χ1v) is 6.84. The Bertz CT molecular complexity index is 473. The fraction of sp³-hybridized carbons (Fsp3) is 0.333. The molecule has 1 aromatic rings. The van der Waals surface area contributed by atoms with E-state index < -0.39 is 10.0 Å². The van der Waals surface area contributed by atoms with E-state index in [1.807, 2.05) is 0 Å². The van der Waals surface area contributed by atoms with Crippen LogP contribution < -0.4 is 4.72 Å². The van der Waals surface area contributed by atoms with E-state index in [0.717, 1.165) is 11.3 Å². The van der Waals surface area contributed by atoms with E-state index in [1.165, 1.54) is 6.07 Å². The summed E-state index contributed by atoms with van der Waals surface area (Å²) < 4.78 is 26.5. The molecule has 0 spiro atoms. The molecule has 0 bridgehead atoms. The van der Waals surface area contributed by atoms with Crippen LogP contribution in [0.4, 0.5) is 0 Å². The summed E-state index contributed by atoms with van der Waals surface area (Å²) in [6, 6.07) is 2.74. The Kier molecular flexibility index (Phi) is 4.17. The van der Waals surface area contributed by atoms with Gasteiger partial charge in [-0.25, -0.2) is 13.1 Å². The second kappa shape index (κ2) is 4.99. The zero-order chi connectivity index (χ0) is 11.5. The lowest BCUT2D eigenvalue weighted by atomic mass is 10.3. The molecule has 0 aliphatic carbocycles. The minimum absolute atomic E-state index is 0.205. The van der Waals surface area contributed by atoms with Crippen LogP contribution in [-0.2, 0) is 10.0 Å². The van der Waals surface area contributed by atoms with E-state index in [0.29, 0.717) is 10.8 Å². The number of thiophene rings is 1. The average molecular weight is 264 g/mol. The molecule has 0 aliphatic rings. The second-order valence-electron chi connectivity index (χ2n) is 2.99. The van der Waals surface area contributed by atoms with E-state index in [4.69, 9.17) is 18.0 Å². The standard InChI is InChI=1S/C9H10ClNO2S2/c1-3-4-7(2)11-15(12,13)9-6-5-8(10)14-9/h1,5-7,11H,4H2,2H3. The highest BCUT2D eigenvalue weighted by Crippen LogP contribution is 2.25. The van der Waals surface area contributed by atoms with Crippen LogP contribution in [0.25, 0.3) is 0 Å². The third kappa shape index (κ3) is 3.50. The summed E-state index contributed by atoms with van der Waals surface area (Å²) in [6.45, 7) is 1.71. The molecule has 1 unspecified atom stereocenters. The summed E-state index contributed by atoms with van der Waals surface area (Å²) in [5, 5.41) is 0. The van der Waals surface area contributed by atoms with E-state index in [9.17, 15) is 8.42 Å². The zero-order valence-electron chi connectivity index (χ0n) is 8.03. The Morgan fingerprint density at radius 3 is 2.80 bits per heavy atom. The van der Waals surface area contributed by atoms with Gasteiger partial charge < -0.3 is 0 Å². The van der Waals surface area contributed by atoms with Crippen molar-refractivity contribution >= 4 is 33.0 Å². The van der Waals surface area contributed by atoms with Crippen molar-refractivity contribution in [3.05, 3.63) is 16.5 Å². The van der Waals surface area contributed by atoms with Crippen molar-refractivity contribution in [1.82, 2.24) is 4.72 Å². The third-order valence-corrected chi connectivity index (χ3v) is 4.91. The molecule has 1 N–H and O–H groups in total. The lowest BCUT2D eigenvalue weighted by molar-refractivity contribution is 0.565. The number of nitrogens with one attached hydrogen (secondary N) is 1. The third-order valence-electron chi connectivity index (χ3n) is 1.59. The summed E-state index contributed by atoms with van der Waals surface area (Å²) in [4.78, 5) is 0. The summed E-state index contributed by atoms with van der Waals surface area (Å²) in [5.41, 5.74) is 0. The summed E-state index contributed by atoms with van der Waals surface area (Å²) in [5.74, 6) is 2.40. The Morgan fingerprint density at radius 2 is 2.33 bits per heavy atom. The van der Waals surface area contributed by atoms with Crippen molar-refractivity contribution in [2.75, 3.05) is 0 Å². The first-order valence-electron chi connectivity index (χ1n) is 4.17. The fourth-order valence-electron chi connectivity index (χ4n) is 0.984. The SMILES string of the molecule is C#CCC(C)NS(=O)(=O)c1ccc(Cl)s1. The molecular formula is C9H10ClNO2S2. The molecule has 1 atom stereocenters. The summed E-state index contributed by atoms with van der Waals surface area (Å²) >= 11 is 6.68. The maximum Gasteiger partial charge on any atom is 0.250 e. The Balaban J connectivity index is 2.81. The van der Waals surface area contributed by atoms with Crippen LogP contribution in [0, 0.1) is 12.3 Å². The van der Waals surface area contributed by atoms with Gasteiger partial charge in [0, 0.05) is 12.5 Å². The first-order chi connectivity index (χ1) is 6.95. The molecule has 0 saturated heterocycles. The van der Waals surface area contributed by atoms with Gasteiger partial charge in [0.05, 0.1) is 4.34 Å². The molecule has 82 valence electrons. The van der Waals surface area contributed by atoms with Gasteiger partial charge in [-0.3, -0.25) is 0 Å². The average Bonchev–Trinajstić information content (AvgIpc) is 2.51. The summed E-state index contributed by atoms with van der Waals surface area (Å²) in [6.07, 6.45) is 5.45. The highest BCUT2D eigenvalue weighted by molar-refractivity contribution is 7.91. The Labute approximate surface area is 98.5 Å². The topological polar surface area (TPSA) is 46.2 Å². The predicted molar refractivity (Wildman–Crippen MR) is 62.6 cm³/mol. The number of hydrogen-bond donors (Lipinski definition) is 1. The van der Waals surface area contributed by atoms with Crippen LogP contribution in [-0.4, -0.2) is 14.5 Å². The zero-order valence-corrected chi connectivity index (χ0v) is 10.4. The number of halogens is 1. The fourth-order valence-corrected chi connectivity index (χ4v) is 3.73. The van der Waals surface area contributed by atoms with Crippen molar-refractivity contribution in [2.24, 2.45) is 0 Å². The van der Waals surface area contributed by atoms with Crippen LogP contribution >= 0.6 is 22.9 Å². The lowest BCUT2D eigenvalue weighted by Gasteiger charge is -2.09. The van der Waals surface area contributed by atoms with Crippen molar-refractivity contribution in [1.29, 1.82) is 0 Å². The van der Waals surface area contributed by atoms with E-state index in [-0.39, 0.29) is 10.3 Å². The molecule has 0 aliphatic heterocycles. The maximum absolute atomic E-state index is 11.7. The second-order valence-corrected chi connectivity index (χ2v) is 6.65. The normalized spacial score (nSPS) is 13.4. The van der Waals surface area contributed by atoms with Crippen LogP contribution in [0.15, 0.2) is 16.3 Å². The molecule has 0 radical (unpaired) electrons. The van der Waals surface area contributed by atoms with Crippen LogP contribution in [0.3, 0.4) is 0 Å². The molecule has 1 rings (SSSR count). The summed E-state index contributed by atoms with van der Waals surface area (Å²) in [7, 11) is -3.47. The smallest absolute Gasteiger partial charge is 0.207 e. The number of rotatable bonds is 4. The minimum Gasteiger partial charge on any atom is -0.207 e. The molecule has 1 heterocycles. The Morgan fingerprint density at radius 1 is 1.67 bits per heavy atom. The van der Waals surface area contributed by atoms with Gasteiger partial charge in [0.1, 0.15) is 4.21 Å². The highest BCUT2D eigenvalue weighted by atomic mass is 35.5. The maximum atomic E-state index is 11.7. The monoisotopic (exact) mass is 263 g/mol. The lowest BCUT2D eigenvalue weighted by Crippen LogP contribution is -2.31. The van der Waals surface area contributed by atoms with Gasteiger partial charge >= 0.3 is 0 Å². The Hall–Kier alpha value is -0.540. The largest absolute Gasteiger partial charge is 0.250 e. The van der Waals surface area contributed by atoms with Crippen molar-refractivity contribution in [3.63, 3.8) is 0 Å². The van der Waals surface area contributed by atoms with Gasteiger partial charge in [-0.15, -0.1) is 23.7 Å².